The van der Waals surface area contributed by atoms with Gasteiger partial charge in [0.15, 0.2) is 6.79 Å². The smallest absolute Gasteiger partial charge is 0.189 e. The molecule has 0 atom stereocenters. The van der Waals surface area contributed by atoms with E-state index in [0.29, 0.717) is 13.4 Å². The minimum absolute atomic E-state index is 0.0810. The van der Waals surface area contributed by atoms with Crippen molar-refractivity contribution in [2.75, 3.05) is 6.79 Å². The Morgan fingerprint density at radius 1 is 0.405 bits per heavy atom. The molecule has 0 N–H and O–H groups in total. The van der Waals surface area contributed by atoms with E-state index in [2.05, 4.69) is 166 Å². The Morgan fingerprint density at radius 3 is 1.34 bits per heavy atom. The Bertz CT molecular complexity index is 2550. The van der Waals surface area contributed by atoms with Crippen molar-refractivity contribution in [3.8, 4) is 5.75 Å². The van der Waals surface area contributed by atoms with Crippen LogP contribution in [-0.2, 0) is 56.3 Å². The lowest BCUT2D eigenvalue weighted by atomic mass is 10.0. The maximum atomic E-state index is 12.9. The van der Waals surface area contributed by atoms with Crippen LogP contribution in [0.4, 0.5) is 13.2 Å². The number of hydrogen-bond acceptors (Lipinski definition) is 2. The second-order valence-corrected chi connectivity index (χ2v) is 18.2. The summed E-state index contributed by atoms with van der Waals surface area (Å²) >= 11 is 0. The molecule has 2 nitrogen and oxygen atoms in total. The Labute approximate surface area is 448 Å². The zero-order valence-electron chi connectivity index (χ0n) is 48.0. The van der Waals surface area contributed by atoms with Gasteiger partial charge in [0, 0.05) is 5.56 Å². The summed E-state index contributed by atoms with van der Waals surface area (Å²) in [5, 5.41) is 0. The van der Waals surface area contributed by atoms with E-state index in [1.807, 2.05) is 58.0 Å². The van der Waals surface area contributed by atoms with Crippen LogP contribution in [0, 0.1) is 59.0 Å². The second-order valence-electron chi connectivity index (χ2n) is 18.2. The molecule has 7 aromatic rings. The van der Waals surface area contributed by atoms with Crippen LogP contribution in [0.3, 0.4) is 0 Å². The Hall–Kier alpha value is -6.17. The Balaban J connectivity index is 0.000000427. The first-order valence-electron chi connectivity index (χ1n) is 26.9. The van der Waals surface area contributed by atoms with E-state index in [1.165, 1.54) is 67.8 Å². The molecular weight excluding hydrogens is 918 g/mol. The molecule has 0 fully saturated rings. The van der Waals surface area contributed by atoms with Crippen LogP contribution in [0.5, 0.6) is 5.75 Å². The van der Waals surface area contributed by atoms with Gasteiger partial charge in [-0.2, -0.15) is 0 Å². The van der Waals surface area contributed by atoms with Crippen molar-refractivity contribution in [2.45, 2.75) is 162 Å². The molecule has 400 valence electrons. The molecule has 0 radical (unpaired) electrons. The van der Waals surface area contributed by atoms with Gasteiger partial charge in [-0.3, -0.25) is 0 Å². The van der Waals surface area contributed by atoms with E-state index in [1.54, 1.807) is 25.1 Å². The Kier molecular flexibility index (Phi) is 35.0. The molecule has 0 aromatic heterocycles. The van der Waals surface area contributed by atoms with Crippen LogP contribution < -0.4 is 4.74 Å². The van der Waals surface area contributed by atoms with Crippen LogP contribution in [0.15, 0.2) is 158 Å². The molecule has 1 aliphatic heterocycles. The summed E-state index contributed by atoms with van der Waals surface area (Å²) < 4.78 is 48.8. The lowest BCUT2D eigenvalue weighted by molar-refractivity contribution is -0.0168. The van der Waals surface area contributed by atoms with Crippen molar-refractivity contribution in [1.29, 1.82) is 0 Å². The van der Waals surface area contributed by atoms with Crippen LogP contribution in [-0.4, -0.2) is 6.79 Å². The number of rotatable bonds is 8. The van der Waals surface area contributed by atoms with E-state index < -0.39 is 0 Å². The van der Waals surface area contributed by atoms with Crippen molar-refractivity contribution >= 4 is 0 Å². The van der Waals surface area contributed by atoms with E-state index >= 15 is 0 Å². The summed E-state index contributed by atoms with van der Waals surface area (Å²) in [7, 11) is 0. The first-order chi connectivity index (χ1) is 35.5. The molecule has 7 aromatic carbocycles. The molecule has 0 amide bonds. The van der Waals surface area contributed by atoms with Crippen LogP contribution in [0.2, 0.25) is 0 Å². The summed E-state index contributed by atoms with van der Waals surface area (Å²) in [6.45, 7) is 32.0. The molecule has 8 rings (SSSR count). The van der Waals surface area contributed by atoms with Gasteiger partial charge in [-0.1, -0.05) is 206 Å². The second kappa shape index (κ2) is 39.3. The van der Waals surface area contributed by atoms with Gasteiger partial charge >= 0.3 is 0 Å². The molecular formula is C69H91F3O2. The zero-order chi connectivity index (χ0) is 55.3. The van der Waals surface area contributed by atoms with E-state index in [9.17, 15) is 13.2 Å². The molecule has 0 bridgehead atoms. The first-order valence-corrected chi connectivity index (χ1v) is 26.9. The maximum absolute atomic E-state index is 12.9. The van der Waals surface area contributed by atoms with Crippen LogP contribution in [0.1, 0.15) is 147 Å². The van der Waals surface area contributed by atoms with Crippen molar-refractivity contribution in [3.05, 3.63) is 253 Å². The summed E-state index contributed by atoms with van der Waals surface area (Å²) in [6, 6.07) is 47.6. The molecule has 0 saturated heterocycles. The highest BCUT2D eigenvalue weighted by molar-refractivity contribution is 5.44. The summed E-state index contributed by atoms with van der Waals surface area (Å²) in [4.78, 5) is 0. The number of benzene rings is 7. The predicted molar refractivity (Wildman–Crippen MR) is 314 cm³/mol. The molecule has 74 heavy (non-hydrogen) atoms. The topological polar surface area (TPSA) is 18.5 Å². The van der Waals surface area contributed by atoms with Gasteiger partial charge in [0.2, 0.25) is 0 Å². The van der Waals surface area contributed by atoms with Crippen molar-refractivity contribution in [1.82, 2.24) is 0 Å². The fraction of sp³-hybridized carbons (Fsp3) is 0.362. The van der Waals surface area contributed by atoms with Gasteiger partial charge in [-0.25, -0.2) is 13.2 Å². The van der Waals surface area contributed by atoms with Crippen molar-refractivity contribution < 1.29 is 22.6 Å². The molecule has 0 spiro atoms. The van der Waals surface area contributed by atoms with Crippen molar-refractivity contribution in [2.24, 2.45) is 0 Å². The summed E-state index contributed by atoms with van der Waals surface area (Å²) in [5.74, 6) is 0.711. The van der Waals surface area contributed by atoms with Gasteiger partial charge in [-0.05, 0) is 180 Å². The number of aryl methyl sites for hydroxylation is 13. The molecule has 0 unspecified atom stereocenters. The fourth-order valence-electron chi connectivity index (χ4n) is 7.29. The molecule has 0 aliphatic carbocycles. The van der Waals surface area contributed by atoms with Gasteiger partial charge in [0.25, 0.3) is 0 Å². The average molecular weight is 1010 g/mol. The molecule has 1 aliphatic rings. The normalized spacial score (nSPS) is 10.6. The number of allylic oxidation sites excluding steroid dienone is 2. The van der Waals surface area contributed by atoms with Gasteiger partial charge in [0.1, 0.15) is 23.2 Å². The summed E-state index contributed by atoms with van der Waals surface area (Å²) in [5.41, 5.74) is 16.6. The number of hydrogen-bond donors (Lipinski definition) is 0. The highest BCUT2D eigenvalue weighted by Crippen LogP contribution is 2.28. The molecule has 0 saturated carbocycles. The molecule has 5 heteroatoms. The number of ether oxygens (including phenoxy) is 2. The zero-order valence-corrected chi connectivity index (χ0v) is 48.0. The largest absolute Gasteiger partial charge is 0.467 e. The van der Waals surface area contributed by atoms with Crippen molar-refractivity contribution in [3.63, 3.8) is 0 Å². The third kappa shape index (κ3) is 27.8. The highest BCUT2D eigenvalue weighted by atomic mass is 19.1. The number of fused-ring (bicyclic) bond motifs is 1. The monoisotopic (exact) mass is 1010 g/mol. The maximum Gasteiger partial charge on any atom is 0.189 e. The average Bonchev–Trinajstić information content (AvgIpc) is 3.41. The lowest BCUT2D eigenvalue weighted by Gasteiger charge is -2.20. The predicted octanol–water partition coefficient (Wildman–Crippen LogP) is 19.8. The van der Waals surface area contributed by atoms with Crippen LogP contribution in [0.25, 0.3) is 0 Å². The van der Waals surface area contributed by atoms with E-state index in [-0.39, 0.29) is 17.5 Å². The number of halogens is 3. The lowest BCUT2D eigenvalue weighted by Crippen LogP contribution is -2.13. The quantitative estimate of drug-likeness (QED) is 0.141. The fourth-order valence-corrected chi connectivity index (χ4v) is 7.29. The standard InChI is InChI=1S/C11H14O2.2C9H11F.3C9H12.C8H9F.C5H10/c1-3-9-4-8(2)5-11-10(9)6-12-7-13-11;1-3-8-4-5-9(10)7(2)6-8;1-3-8-5-4-7(2)6-9(8)10;1-3-9-6-4-8(2)5-7-9;2*1-3-9-6-4-5-8(2)7-9;1-2-7-5-3-4-6-8(7)9;1-3-5-4-2/h4-5H,3,6-7H2,1-2H3;2*4-6H,3H2,1-2H3;3*4-7H,3H2,1-2H3;3-6H,2H2,1H3;3,5H,4H2,1-2H3. The molecule has 1 heterocycles. The van der Waals surface area contributed by atoms with Crippen LogP contribution >= 0.6 is 0 Å². The van der Waals surface area contributed by atoms with Gasteiger partial charge < -0.3 is 9.47 Å². The Morgan fingerprint density at radius 2 is 0.905 bits per heavy atom. The highest BCUT2D eigenvalue weighted by Gasteiger charge is 2.14. The third-order valence-corrected chi connectivity index (χ3v) is 11.9. The minimum atomic E-state index is -0.114. The summed E-state index contributed by atoms with van der Waals surface area (Å²) in [6.07, 6.45) is 12.3. The third-order valence-electron chi connectivity index (χ3n) is 11.9. The van der Waals surface area contributed by atoms with E-state index in [4.69, 9.17) is 9.47 Å². The van der Waals surface area contributed by atoms with Gasteiger partial charge in [0.05, 0.1) is 6.61 Å². The minimum Gasteiger partial charge on any atom is -0.467 e. The SMILES string of the molecule is CC=CCC.CCc1cc(C)cc2c1COCO2.CCc1ccc(C)cc1.CCc1ccc(C)cc1F.CCc1ccc(F)c(C)c1.CCc1cccc(C)c1.CCc1cccc(C)c1.CCc1ccccc1F. The first kappa shape index (κ1) is 65.8. The van der Waals surface area contributed by atoms with Gasteiger partial charge in [-0.15, -0.1) is 0 Å². The van der Waals surface area contributed by atoms with E-state index in [0.717, 1.165) is 79.4 Å².